The van der Waals surface area contributed by atoms with E-state index in [9.17, 15) is 13.2 Å². The molecule has 4 nitrogen and oxygen atoms in total. The number of halogens is 4. The van der Waals surface area contributed by atoms with E-state index >= 15 is 0 Å². The topological polar surface area (TPSA) is 49.2 Å². The van der Waals surface area contributed by atoms with Crippen molar-refractivity contribution < 1.29 is 18.3 Å². The van der Waals surface area contributed by atoms with E-state index in [2.05, 4.69) is 25.9 Å². The largest absolute Gasteiger partial charge is 0.405 e. The number of anilines is 1. The minimum atomic E-state index is -4.35. The Bertz CT molecular complexity index is 348. The van der Waals surface area contributed by atoms with Gasteiger partial charge in [-0.15, -0.1) is 0 Å². The monoisotopic (exact) mass is 299 g/mol. The molecule has 1 aromatic heterocycles. The van der Waals surface area contributed by atoms with Crippen LogP contribution in [0.3, 0.4) is 0 Å². The van der Waals surface area contributed by atoms with E-state index in [0.717, 1.165) is 11.2 Å². The van der Waals surface area contributed by atoms with Crippen LogP contribution < -0.4 is 4.90 Å². The summed E-state index contributed by atoms with van der Waals surface area (Å²) in [6.45, 7) is -1.69. The fraction of sp³-hybridized carbons (Fsp3) is 0.500. The second-order valence-corrected chi connectivity index (χ2v) is 3.81. The molecule has 0 aliphatic rings. The SMILES string of the molecule is OCCN(CC(F)(F)F)c1ncncc1Br. The van der Waals surface area contributed by atoms with Crippen LogP contribution in [0.5, 0.6) is 0 Å². The summed E-state index contributed by atoms with van der Waals surface area (Å²) >= 11 is 3.06. The van der Waals surface area contributed by atoms with E-state index in [1.807, 2.05) is 0 Å². The lowest BCUT2D eigenvalue weighted by Gasteiger charge is -2.24. The van der Waals surface area contributed by atoms with Crippen LogP contribution in [0.1, 0.15) is 0 Å². The van der Waals surface area contributed by atoms with Gasteiger partial charge in [0, 0.05) is 12.7 Å². The second kappa shape index (κ2) is 5.44. The van der Waals surface area contributed by atoms with Crippen LogP contribution in [0.15, 0.2) is 17.0 Å². The average Bonchev–Trinajstić information content (AvgIpc) is 2.16. The van der Waals surface area contributed by atoms with Crippen molar-refractivity contribution in [2.75, 3.05) is 24.6 Å². The molecule has 0 aromatic carbocycles. The van der Waals surface area contributed by atoms with Gasteiger partial charge in [-0.1, -0.05) is 0 Å². The van der Waals surface area contributed by atoms with Crippen molar-refractivity contribution in [3.05, 3.63) is 17.0 Å². The lowest BCUT2D eigenvalue weighted by molar-refractivity contribution is -0.120. The highest BCUT2D eigenvalue weighted by molar-refractivity contribution is 9.10. The maximum Gasteiger partial charge on any atom is 0.405 e. The fourth-order valence-electron chi connectivity index (χ4n) is 1.14. The first-order valence-electron chi connectivity index (χ1n) is 4.32. The molecule has 0 unspecified atom stereocenters. The molecule has 0 aliphatic heterocycles. The Labute approximate surface area is 98.2 Å². The number of rotatable bonds is 4. The molecule has 0 bridgehead atoms. The van der Waals surface area contributed by atoms with Gasteiger partial charge in [-0.25, -0.2) is 9.97 Å². The van der Waals surface area contributed by atoms with Crippen LogP contribution in [0.4, 0.5) is 19.0 Å². The van der Waals surface area contributed by atoms with Crippen molar-refractivity contribution in [1.29, 1.82) is 0 Å². The highest BCUT2D eigenvalue weighted by Gasteiger charge is 2.31. The number of aliphatic hydroxyl groups is 1. The first-order valence-corrected chi connectivity index (χ1v) is 5.11. The molecule has 0 amide bonds. The van der Waals surface area contributed by atoms with Crippen molar-refractivity contribution in [3.8, 4) is 0 Å². The van der Waals surface area contributed by atoms with Crippen LogP contribution in [0.25, 0.3) is 0 Å². The number of nitrogens with zero attached hydrogens (tertiary/aromatic N) is 3. The number of alkyl halides is 3. The van der Waals surface area contributed by atoms with Gasteiger partial charge >= 0.3 is 6.18 Å². The van der Waals surface area contributed by atoms with E-state index in [1.165, 1.54) is 6.20 Å². The van der Waals surface area contributed by atoms with E-state index < -0.39 is 12.7 Å². The van der Waals surface area contributed by atoms with E-state index in [0.29, 0.717) is 4.47 Å². The standard InChI is InChI=1S/C8H9BrF3N3O/c9-6-3-13-5-14-7(6)15(1-2-16)4-8(10,11)12/h3,5,16H,1-2,4H2. The highest BCUT2D eigenvalue weighted by atomic mass is 79.9. The Morgan fingerprint density at radius 2 is 2.12 bits per heavy atom. The van der Waals surface area contributed by atoms with Crippen molar-refractivity contribution >= 4 is 21.7 Å². The number of aromatic nitrogens is 2. The summed E-state index contributed by atoms with van der Waals surface area (Å²) in [6, 6.07) is 0. The first kappa shape index (κ1) is 13.2. The summed E-state index contributed by atoms with van der Waals surface area (Å²) < 4.78 is 37.1. The third-order valence-corrected chi connectivity index (χ3v) is 2.25. The highest BCUT2D eigenvalue weighted by Crippen LogP contribution is 2.25. The molecule has 0 aliphatic carbocycles. The van der Waals surface area contributed by atoms with Gasteiger partial charge in [0.25, 0.3) is 0 Å². The van der Waals surface area contributed by atoms with E-state index in [4.69, 9.17) is 5.11 Å². The van der Waals surface area contributed by atoms with Crippen molar-refractivity contribution in [2.45, 2.75) is 6.18 Å². The zero-order chi connectivity index (χ0) is 12.2. The van der Waals surface area contributed by atoms with Gasteiger partial charge < -0.3 is 10.0 Å². The molecule has 16 heavy (non-hydrogen) atoms. The predicted molar refractivity (Wildman–Crippen MR) is 55.1 cm³/mol. The van der Waals surface area contributed by atoms with Gasteiger partial charge in [-0.3, -0.25) is 0 Å². The third kappa shape index (κ3) is 3.93. The molecule has 8 heteroatoms. The van der Waals surface area contributed by atoms with Crippen molar-refractivity contribution in [3.63, 3.8) is 0 Å². The van der Waals surface area contributed by atoms with Crippen LogP contribution in [-0.2, 0) is 0 Å². The first-order chi connectivity index (χ1) is 7.44. The minimum Gasteiger partial charge on any atom is -0.395 e. The normalized spacial score (nSPS) is 11.6. The smallest absolute Gasteiger partial charge is 0.395 e. The number of hydrogen-bond acceptors (Lipinski definition) is 4. The van der Waals surface area contributed by atoms with Gasteiger partial charge in [0.15, 0.2) is 0 Å². The van der Waals surface area contributed by atoms with Gasteiger partial charge in [-0.05, 0) is 15.9 Å². The molecule has 1 aromatic rings. The van der Waals surface area contributed by atoms with E-state index in [-0.39, 0.29) is 19.0 Å². The predicted octanol–water partition coefficient (Wildman–Crippen LogP) is 1.60. The summed E-state index contributed by atoms with van der Waals surface area (Å²) in [5.41, 5.74) is 0. The Morgan fingerprint density at radius 3 is 2.62 bits per heavy atom. The number of hydrogen-bond donors (Lipinski definition) is 1. The van der Waals surface area contributed by atoms with E-state index in [1.54, 1.807) is 0 Å². The maximum atomic E-state index is 12.3. The maximum absolute atomic E-state index is 12.3. The van der Waals surface area contributed by atoms with Gasteiger partial charge in [0.05, 0.1) is 11.1 Å². The molecule has 0 saturated carbocycles. The zero-order valence-electron chi connectivity index (χ0n) is 8.08. The molecule has 0 radical (unpaired) electrons. The molecular formula is C8H9BrF3N3O. The van der Waals surface area contributed by atoms with Crippen LogP contribution in [-0.4, -0.2) is 40.9 Å². The third-order valence-electron chi connectivity index (χ3n) is 1.69. The summed E-state index contributed by atoms with van der Waals surface area (Å²) in [5, 5.41) is 8.72. The number of aliphatic hydroxyl groups excluding tert-OH is 1. The molecule has 90 valence electrons. The quantitative estimate of drug-likeness (QED) is 0.917. The molecule has 0 spiro atoms. The van der Waals surface area contributed by atoms with Crippen LogP contribution in [0, 0.1) is 0 Å². The Morgan fingerprint density at radius 1 is 1.44 bits per heavy atom. The van der Waals surface area contributed by atoms with Crippen molar-refractivity contribution in [1.82, 2.24) is 9.97 Å². The minimum absolute atomic E-state index is 0.112. The van der Waals surface area contributed by atoms with Crippen LogP contribution in [0.2, 0.25) is 0 Å². The van der Waals surface area contributed by atoms with Gasteiger partial charge in [0.2, 0.25) is 0 Å². The Kier molecular flexibility index (Phi) is 4.48. The van der Waals surface area contributed by atoms with Crippen LogP contribution >= 0.6 is 15.9 Å². The summed E-state index contributed by atoms with van der Waals surface area (Å²) in [5.74, 6) is 0.112. The average molecular weight is 300 g/mol. The van der Waals surface area contributed by atoms with Crippen molar-refractivity contribution in [2.24, 2.45) is 0 Å². The lowest BCUT2D eigenvalue weighted by atomic mass is 10.4. The zero-order valence-corrected chi connectivity index (χ0v) is 9.66. The van der Waals surface area contributed by atoms with Gasteiger partial charge in [0.1, 0.15) is 18.7 Å². The molecule has 0 atom stereocenters. The molecular weight excluding hydrogens is 291 g/mol. The lowest BCUT2D eigenvalue weighted by Crippen LogP contribution is -2.37. The molecule has 1 heterocycles. The summed E-state index contributed by atoms with van der Waals surface area (Å²) in [6.07, 6.45) is -1.84. The second-order valence-electron chi connectivity index (χ2n) is 2.95. The molecule has 1 rings (SSSR count). The summed E-state index contributed by atoms with van der Waals surface area (Å²) in [4.78, 5) is 8.33. The van der Waals surface area contributed by atoms with Gasteiger partial charge in [-0.2, -0.15) is 13.2 Å². The molecule has 0 fully saturated rings. The summed E-state index contributed by atoms with van der Waals surface area (Å²) in [7, 11) is 0. The Balaban J connectivity index is 2.89. The Hall–Kier alpha value is -0.890. The molecule has 0 saturated heterocycles. The molecule has 1 N–H and O–H groups in total. The fourth-order valence-corrected chi connectivity index (χ4v) is 1.61.